The molecule has 0 radical (unpaired) electrons. The summed E-state index contributed by atoms with van der Waals surface area (Å²) in [5, 5.41) is 18.4. The van der Waals surface area contributed by atoms with Gasteiger partial charge in [0.25, 0.3) is 0 Å². The van der Waals surface area contributed by atoms with Crippen LogP contribution in [0, 0.1) is 0 Å². The Labute approximate surface area is 357 Å². The Morgan fingerprint density at radius 2 is 0.881 bits per heavy atom. The second-order valence-electron chi connectivity index (χ2n) is 14.3. The van der Waals surface area contributed by atoms with Crippen LogP contribution in [0.3, 0.4) is 0 Å². The van der Waals surface area contributed by atoms with E-state index in [1.165, 1.54) is 0 Å². The van der Waals surface area contributed by atoms with Crippen molar-refractivity contribution in [3.05, 3.63) is 97.2 Å². The number of unbranched alkanes of at least 4 members (excludes halogenated alkanes) is 10. The number of rotatable bonds is 40. The highest BCUT2D eigenvalue weighted by atomic mass is 31.2. The van der Waals surface area contributed by atoms with Crippen LogP contribution in [-0.2, 0) is 32.7 Å². The Balaban J connectivity index is 4.37. The number of hydrogen-bond acceptors (Lipinski definition) is 9. The lowest BCUT2D eigenvalue weighted by Crippen LogP contribution is -2.29. The topological polar surface area (TPSA) is 149 Å². The highest BCUT2D eigenvalue weighted by Gasteiger charge is 2.27. The van der Waals surface area contributed by atoms with Gasteiger partial charge in [-0.25, -0.2) is 4.57 Å². The maximum absolute atomic E-state index is 12.6. The van der Waals surface area contributed by atoms with E-state index in [9.17, 15) is 24.2 Å². The van der Waals surface area contributed by atoms with Gasteiger partial charge in [-0.1, -0.05) is 150 Å². The smallest absolute Gasteiger partial charge is 0.462 e. The summed E-state index contributed by atoms with van der Waals surface area (Å²) in [6.45, 7) is 2.09. The number of phosphoric ester groups is 1. The first-order valence-corrected chi connectivity index (χ1v) is 23.7. The molecule has 0 spiro atoms. The Kier molecular flexibility index (Phi) is 40.7. The van der Waals surface area contributed by atoms with E-state index in [2.05, 4.69) is 116 Å². The molecule has 0 bridgehead atoms. The van der Waals surface area contributed by atoms with E-state index in [0.29, 0.717) is 12.8 Å². The van der Waals surface area contributed by atoms with Gasteiger partial charge in [0.2, 0.25) is 0 Å². The molecule has 0 heterocycles. The Hall–Kier alpha value is -3.11. The molecule has 3 unspecified atom stereocenters. The number of carbonyl (C=O) groups excluding carboxylic acids is 2. The lowest BCUT2D eigenvalue weighted by Gasteiger charge is -2.20. The summed E-state index contributed by atoms with van der Waals surface area (Å²) in [5.74, 6) is -0.979. The molecular weight excluding hydrogens is 767 g/mol. The van der Waals surface area contributed by atoms with E-state index in [1.54, 1.807) is 0 Å². The van der Waals surface area contributed by atoms with Crippen LogP contribution in [0.5, 0.6) is 0 Å². The van der Waals surface area contributed by atoms with Crippen molar-refractivity contribution in [2.75, 3.05) is 26.4 Å². The van der Waals surface area contributed by atoms with Gasteiger partial charge in [0.15, 0.2) is 6.10 Å². The second kappa shape index (κ2) is 43.0. The molecule has 0 saturated carbocycles. The van der Waals surface area contributed by atoms with Gasteiger partial charge < -0.3 is 24.6 Å². The average molecular weight is 847 g/mol. The van der Waals surface area contributed by atoms with Crippen LogP contribution in [0.4, 0.5) is 0 Å². The second-order valence-corrected chi connectivity index (χ2v) is 15.8. The molecule has 3 atom stereocenters. The molecule has 0 amide bonds. The van der Waals surface area contributed by atoms with E-state index in [1.807, 2.05) is 0 Å². The highest BCUT2D eigenvalue weighted by Crippen LogP contribution is 2.43. The van der Waals surface area contributed by atoms with Crippen LogP contribution in [0.2, 0.25) is 0 Å². The molecule has 0 aromatic heterocycles. The normalized spacial score (nSPS) is 14.7. The fraction of sp³-hybridized carbons (Fsp3) is 0.625. The van der Waals surface area contributed by atoms with Crippen LogP contribution in [0.25, 0.3) is 0 Å². The van der Waals surface area contributed by atoms with Crippen molar-refractivity contribution in [2.45, 2.75) is 167 Å². The zero-order valence-electron chi connectivity index (χ0n) is 36.4. The summed E-state index contributed by atoms with van der Waals surface area (Å²) in [6.07, 6.45) is 52.2. The van der Waals surface area contributed by atoms with Crippen LogP contribution in [-0.4, -0.2) is 65.7 Å². The van der Waals surface area contributed by atoms with Gasteiger partial charge >= 0.3 is 19.8 Å². The molecule has 0 saturated heterocycles. The molecule has 0 fully saturated rings. The van der Waals surface area contributed by atoms with Crippen LogP contribution in [0.15, 0.2) is 97.2 Å². The predicted molar refractivity (Wildman–Crippen MR) is 242 cm³/mol. The molecule has 0 aromatic rings. The molecule has 3 N–H and O–H groups in total. The van der Waals surface area contributed by atoms with E-state index in [4.69, 9.17) is 19.1 Å². The molecule has 0 aliphatic carbocycles. The maximum Gasteiger partial charge on any atom is 0.472 e. The molecule has 59 heavy (non-hydrogen) atoms. The molecule has 336 valence electrons. The number of ether oxygens (including phenoxy) is 2. The number of aliphatic hydroxyl groups excluding tert-OH is 2. The standard InChI is InChI=1S/C48H79O10P/c1-3-5-7-9-11-13-15-17-19-21-22-24-26-28-30-32-34-36-38-40-48(52)58-46(44-57-59(53,54)56-42-45(50)41-49)43-55-47(51)39-37-35-33-31-29-27-25-23-20-18-16-14-12-10-8-6-4-2/h5-8,11-14,17-20,22,24-25,27,45-46,49-50H,3-4,9-10,15-16,21,23,26,28-44H2,1-2H3,(H,53,54). The SMILES string of the molecule is CCC=CCC=CCC=CCC=CCCCCCCCCC(=O)OC(COC(=O)CCCCCCC=CCC=CCC=CCC=CCC)COP(=O)(O)OCC(O)CO. The number of phosphoric acid groups is 1. The fourth-order valence-corrected chi connectivity index (χ4v) is 6.18. The fourth-order valence-electron chi connectivity index (χ4n) is 5.39. The minimum atomic E-state index is -4.64. The van der Waals surface area contributed by atoms with E-state index < -0.39 is 51.8 Å². The minimum Gasteiger partial charge on any atom is -0.462 e. The first kappa shape index (κ1) is 55.9. The van der Waals surface area contributed by atoms with Gasteiger partial charge in [0.05, 0.1) is 19.8 Å². The van der Waals surface area contributed by atoms with E-state index in [-0.39, 0.29) is 19.4 Å². The molecule has 0 aromatic carbocycles. The van der Waals surface area contributed by atoms with Crippen molar-refractivity contribution in [3.8, 4) is 0 Å². The molecular formula is C48H79O10P. The van der Waals surface area contributed by atoms with Gasteiger partial charge in [0.1, 0.15) is 12.7 Å². The van der Waals surface area contributed by atoms with Crippen molar-refractivity contribution in [2.24, 2.45) is 0 Å². The monoisotopic (exact) mass is 847 g/mol. The van der Waals surface area contributed by atoms with Crippen molar-refractivity contribution >= 4 is 19.8 Å². The lowest BCUT2D eigenvalue weighted by molar-refractivity contribution is -0.161. The Morgan fingerprint density at radius 1 is 0.508 bits per heavy atom. The molecule has 11 heteroatoms. The molecule has 0 aliphatic rings. The first-order valence-electron chi connectivity index (χ1n) is 22.2. The van der Waals surface area contributed by atoms with E-state index >= 15 is 0 Å². The molecule has 0 aliphatic heterocycles. The number of esters is 2. The third kappa shape index (κ3) is 42.8. The quantitative estimate of drug-likeness (QED) is 0.0235. The van der Waals surface area contributed by atoms with Crippen molar-refractivity contribution < 1.29 is 47.8 Å². The Morgan fingerprint density at radius 3 is 1.32 bits per heavy atom. The predicted octanol–water partition coefficient (Wildman–Crippen LogP) is 12.0. The number of hydrogen-bond donors (Lipinski definition) is 3. The van der Waals surface area contributed by atoms with Crippen molar-refractivity contribution in [1.29, 1.82) is 0 Å². The van der Waals surface area contributed by atoms with Crippen LogP contribution < -0.4 is 0 Å². The van der Waals surface area contributed by atoms with Gasteiger partial charge in [-0.15, -0.1) is 0 Å². The van der Waals surface area contributed by atoms with Crippen LogP contribution >= 0.6 is 7.82 Å². The van der Waals surface area contributed by atoms with Crippen molar-refractivity contribution in [1.82, 2.24) is 0 Å². The third-order valence-electron chi connectivity index (χ3n) is 8.73. The highest BCUT2D eigenvalue weighted by molar-refractivity contribution is 7.47. The van der Waals surface area contributed by atoms with E-state index in [0.717, 1.165) is 116 Å². The summed E-state index contributed by atoms with van der Waals surface area (Å²) in [7, 11) is -4.64. The molecule has 0 rings (SSSR count). The summed E-state index contributed by atoms with van der Waals surface area (Å²) in [4.78, 5) is 35.0. The summed E-state index contributed by atoms with van der Waals surface area (Å²) in [6, 6.07) is 0. The summed E-state index contributed by atoms with van der Waals surface area (Å²) in [5.41, 5.74) is 0. The van der Waals surface area contributed by atoms with Gasteiger partial charge in [-0.2, -0.15) is 0 Å². The summed E-state index contributed by atoms with van der Waals surface area (Å²) >= 11 is 0. The maximum atomic E-state index is 12.6. The lowest BCUT2D eigenvalue weighted by atomic mass is 10.1. The Bertz CT molecular complexity index is 1300. The largest absolute Gasteiger partial charge is 0.472 e. The number of carbonyl (C=O) groups is 2. The molecule has 10 nitrogen and oxygen atoms in total. The summed E-state index contributed by atoms with van der Waals surface area (Å²) < 4.78 is 32.7. The van der Waals surface area contributed by atoms with Gasteiger partial charge in [-0.3, -0.25) is 18.6 Å². The minimum absolute atomic E-state index is 0.156. The average Bonchev–Trinajstić information content (AvgIpc) is 3.22. The van der Waals surface area contributed by atoms with Gasteiger partial charge in [0, 0.05) is 12.8 Å². The first-order chi connectivity index (χ1) is 28.7. The zero-order valence-corrected chi connectivity index (χ0v) is 37.3. The number of allylic oxidation sites excluding steroid dienone is 16. The van der Waals surface area contributed by atoms with Crippen molar-refractivity contribution in [3.63, 3.8) is 0 Å². The number of aliphatic hydroxyl groups is 2. The van der Waals surface area contributed by atoms with Crippen LogP contribution in [0.1, 0.15) is 155 Å². The third-order valence-corrected chi connectivity index (χ3v) is 9.68. The zero-order chi connectivity index (χ0) is 43.3. The van der Waals surface area contributed by atoms with Gasteiger partial charge in [-0.05, 0) is 89.9 Å².